The highest BCUT2D eigenvalue weighted by atomic mass is 16.3. The van der Waals surface area contributed by atoms with Crippen molar-refractivity contribution < 1.29 is 10.2 Å². The van der Waals surface area contributed by atoms with Crippen molar-refractivity contribution in [1.29, 1.82) is 0 Å². The van der Waals surface area contributed by atoms with Gasteiger partial charge in [0.1, 0.15) is 0 Å². The zero-order chi connectivity index (χ0) is 11.9. The van der Waals surface area contributed by atoms with Crippen molar-refractivity contribution in [2.24, 2.45) is 17.8 Å². The molecule has 1 fully saturated rings. The smallest absolute Gasteiger partial charge is 0.0883 e. The van der Waals surface area contributed by atoms with E-state index in [0.29, 0.717) is 11.8 Å². The molecule has 0 aromatic carbocycles. The lowest BCUT2D eigenvalue weighted by molar-refractivity contribution is -0.0229. The number of hydrogen-bond acceptors (Lipinski definition) is 2. The zero-order valence-electron chi connectivity index (χ0n) is 10.6. The van der Waals surface area contributed by atoms with Crippen molar-refractivity contribution in [1.82, 2.24) is 0 Å². The van der Waals surface area contributed by atoms with E-state index in [1.54, 1.807) is 0 Å². The Labute approximate surface area is 98.4 Å². The summed E-state index contributed by atoms with van der Waals surface area (Å²) >= 11 is 0. The molecule has 92 valence electrons. The van der Waals surface area contributed by atoms with E-state index in [1.807, 2.05) is 6.08 Å². The lowest BCUT2D eigenvalue weighted by Crippen LogP contribution is -2.47. The Morgan fingerprint density at radius 2 is 2.00 bits per heavy atom. The summed E-state index contributed by atoms with van der Waals surface area (Å²) in [6.45, 7) is 6.43. The second kappa shape index (κ2) is 4.15. The predicted molar refractivity (Wildman–Crippen MR) is 65.0 cm³/mol. The van der Waals surface area contributed by atoms with Crippen LogP contribution in [-0.2, 0) is 0 Å². The average Bonchev–Trinajstić information content (AvgIpc) is 2.23. The number of aliphatic hydroxyl groups excluding tert-OH is 1. The molecule has 0 heterocycles. The van der Waals surface area contributed by atoms with Crippen LogP contribution in [0.3, 0.4) is 0 Å². The van der Waals surface area contributed by atoms with E-state index in [-0.39, 0.29) is 12.0 Å². The van der Waals surface area contributed by atoms with E-state index >= 15 is 0 Å². The molecule has 1 saturated carbocycles. The Kier molecular flexibility index (Phi) is 3.15. The number of aliphatic hydroxyl groups is 2. The van der Waals surface area contributed by atoms with Crippen molar-refractivity contribution in [2.75, 3.05) is 0 Å². The van der Waals surface area contributed by atoms with Gasteiger partial charge in [-0.15, -0.1) is 0 Å². The Bertz CT molecular complexity index is 295. The highest BCUT2D eigenvalue weighted by Crippen LogP contribution is 2.48. The van der Waals surface area contributed by atoms with Crippen LogP contribution in [0.25, 0.3) is 0 Å². The van der Waals surface area contributed by atoms with Crippen LogP contribution in [0.4, 0.5) is 0 Å². The molecule has 2 aliphatic carbocycles. The van der Waals surface area contributed by atoms with Crippen LogP contribution in [0, 0.1) is 17.8 Å². The van der Waals surface area contributed by atoms with Gasteiger partial charge >= 0.3 is 0 Å². The molecular formula is C14H24O2. The lowest BCUT2D eigenvalue weighted by atomic mass is 9.61. The zero-order valence-corrected chi connectivity index (χ0v) is 10.6. The van der Waals surface area contributed by atoms with Crippen LogP contribution in [-0.4, -0.2) is 21.9 Å². The molecule has 2 rings (SSSR count). The van der Waals surface area contributed by atoms with Gasteiger partial charge in [0.05, 0.1) is 11.7 Å². The summed E-state index contributed by atoms with van der Waals surface area (Å²) in [5.41, 5.74) is 0.457. The molecule has 2 aliphatic rings. The normalized spacial score (nSPS) is 44.1. The monoisotopic (exact) mass is 224 g/mol. The SMILES string of the molecule is CC(C)[C@]1(O)CC[C@@H](C)[C@@H]2CC[C@H](O)C=C21. The molecule has 0 aliphatic heterocycles. The molecule has 0 unspecified atom stereocenters. The van der Waals surface area contributed by atoms with Crippen LogP contribution in [0.1, 0.15) is 46.5 Å². The first-order valence-corrected chi connectivity index (χ1v) is 6.57. The first-order chi connectivity index (χ1) is 7.45. The van der Waals surface area contributed by atoms with Crippen molar-refractivity contribution >= 4 is 0 Å². The first kappa shape index (κ1) is 12.1. The standard InChI is InChI=1S/C14H24O2/c1-9(2)14(16)7-6-10(3)12-5-4-11(15)8-13(12)14/h8-12,15-16H,4-7H2,1-3H3/t10-,11+,12+,14-/m1/s1. The fraction of sp³-hybridized carbons (Fsp3) is 0.857. The van der Waals surface area contributed by atoms with Gasteiger partial charge in [-0.05, 0) is 49.0 Å². The summed E-state index contributed by atoms with van der Waals surface area (Å²) in [5.74, 6) is 1.38. The van der Waals surface area contributed by atoms with Crippen LogP contribution < -0.4 is 0 Å². The van der Waals surface area contributed by atoms with Gasteiger partial charge in [-0.25, -0.2) is 0 Å². The van der Waals surface area contributed by atoms with Crippen molar-refractivity contribution in [3.63, 3.8) is 0 Å². The van der Waals surface area contributed by atoms with Crippen LogP contribution in [0.15, 0.2) is 11.6 Å². The molecule has 0 bridgehead atoms. The topological polar surface area (TPSA) is 40.5 Å². The van der Waals surface area contributed by atoms with E-state index in [9.17, 15) is 10.2 Å². The molecule has 16 heavy (non-hydrogen) atoms. The van der Waals surface area contributed by atoms with Gasteiger partial charge in [0.2, 0.25) is 0 Å². The summed E-state index contributed by atoms with van der Waals surface area (Å²) in [4.78, 5) is 0. The first-order valence-electron chi connectivity index (χ1n) is 6.57. The van der Waals surface area contributed by atoms with Gasteiger partial charge in [-0.2, -0.15) is 0 Å². The molecule has 0 saturated heterocycles. The minimum absolute atomic E-state index is 0.235. The lowest BCUT2D eigenvalue weighted by Gasteiger charge is -2.47. The minimum atomic E-state index is -0.668. The molecule has 0 aromatic rings. The summed E-state index contributed by atoms with van der Waals surface area (Å²) < 4.78 is 0. The molecule has 0 radical (unpaired) electrons. The maximum absolute atomic E-state index is 10.8. The van der Waals surface area contributed by atoms with Crippen LogP contribution in [0.5, 0.6) is 0 Å². The van der Waals surface area contributed by atoms with Crippen LogP contribution in [0.2, 0.25) is 0 Å². The van der Waals surface area contributed by atoms with Crippen molar-refractivity contribution in [3.05, 3.63) is 11.6 Å². The van der Waals surface area contributed by atoms with E-state index in [1.165, 1.54) is 0 Å². The Balaban J connectivity index is 2.36. The third-order valence-electron chi connectivity index (χ3n) is 4.67. The van der Waals surface area contributed by atoms with Crippen molar-refractivity contribution in [2.45, 2.75) is 58.2 Å². The molecule has 0 amide bonds. The Hall–Kier alpha value is -0.340. The van der Waals surface area contributed by atoms with Crippen LogP contribution >= 0.6 is 0 Å². The van der Waals surface area contributed by atoms with E-state index in [2.05, 4.69) is 20.8 Å². The van der Waals surface area contributed by atoms with E-state index < -0.39 is 5.60 Å². The third kappa shape index (κ3) is 1.82. The molecule has 2 heteroatoms. The van der Waals surface area contributed by atoms with Gasteiger partial charge in [-0.1, -0.05) is 26.8 Å². The largest absolute Gasteiger partial charge is 0.389 e. The fourth-order valence-electron chi connectivity index (χ4n) is 3.39. The second-order valence-corrected chi connectivity index (χ2v) is 5.97. The molecule has 0 aromatic heterocycles. The van der Waals surface area contributed by atoms with Crippen molar-refractivity contribution in [3.8, 4) is 0 Å². The summed E-state index contributed by atoms with van der Waals surface area (Å²) in [5, 5.41) is 20.6. The average molecular weight is 224 g/mol. The maximum Gasteiger partial charge on any atom is 0.0883 e. The fourth-order valence-corrected chi connectivity index (χ4v) is 3.39. The number of hydrogen-bond donors (Lipinski definition) is 2. The second-order valence-electron chi connectivity index (χ2n) is 5.97. The van der Waals surface area contributed by atoms with Gasteiger partial charge < -0.3 is 10.2 Å². The summed E-state index contributed by atoms with van der Waals surface area (Å²) in [6, 6.07) is 0. The van der Waals surface area contributed by atoms with Gasteiger partial charge in [0.15, 0.2) is 0 Å². The third-order valence-corrected chi connectivity index (χ3v) is 4.67. The summed E-state index contributed by atoms with van der Waals surface area (Å²) in [7, 11) is 0. The molecule has 0 spiro atoms. The highest BCUT2D eigenvalue weighted by Gasteiger charge is 2.45. The van der Waals surface area contributed by atoms with Gasteiger partial charge in [0.25, 0.3) is 0 Å². The van der Waals surface area contributed by atoms with Gasteiger partial charge in [-0.3, -0.25) is 0 Å². The quantitative estimate of drug-likeness (QED) is 0.672. The minimum Gasteiger partial charge on any atom is -0.389 e. The number of rotatable bonds is 1. The van der Waals surface area contributed by atoms with E-state index in [0.717, 1.165) is 31.3 Å². The Morgan fingerprint density at radius 3 is 2.62 bits per heavy atom. The van der Waals surface area contributed by atoms with Gasteiger partial charge in [0, 0.05) is 0 Å². The molecule has 4 atom stereocenters. The summed E-state index contributed by atoms with van der Waals surface area (Å²) in [6.07, 6.45) is 5.43. The molecule has 2 N–H and O–H groups in total. The van der Waals surface area contributed by atoms with E-state index in [4.69, 9.17) is 0 Å². The highest BCUT2D eigenvalue weighted by molar-refractivity contribution is 5.27. The predicted octanol–water partition coefficient (Wildman–Crippen LogP) is 2.50. The maximum atomic E-state index is 10.8. The molecular weight excluding hydrogens is 200 g/mol. The Morgan fingerprint density at radius 1 is 1.31 bits per heavy atom. The number of fused-ring (bicyclic) bond motifs is 1. The molecule has 2 nitrogen and oxygen atoms in total.